The Morgan fingerprint density at radius 1 is 0.952 bits per heavy atom. The molecule has 0 spiro atoms. The Bertz CT molecular complexity index is 652. The quantitative estimate of drug-likeness (QED) is 0.431. The van der Waals surface area contributed by atoms with E-state index < -0.39 is 0 Å². The van der Waals surface area contributed by atoms with Gasteiger partial charge in [-0.1, -0.05) is 61.6 Å². The van der Waals surface area contributed by atoms with E-state index in [2.05, 4.69) is 30.9 Å². The standard InChI is InChI=1S/C20H20O/c1-3-4-5-6-7-17-8-10-19(11-9-17)20-14-12-18(13-15-20)16(2)21/h8-15H,3-5H2,1-2H3. The molecule has 0 aliphatic rings. The van der Waals surface area contributed by atoms with E-state index in [-0.39, 0.29) is 5.78 Å². The summed E-state index contributed by atoms with van der Waals surface area (Å²) in [6.45, 7) is 3.76. The molecule has 0 unspecified atom stereocenters. The van der Waals surface area contributed by atoms with Gasteiger partial charge in [0.2, 0.25) is 0 Å². The second kappa shape index (κ2) is 7.45. The lowest BCUT2D eigenvalue weighted by Gasteiger charge is -2.03. The van der Waals surface area contributed by atoms with Crippen LogP contribution in [0.15, 0.2) is 48.5 Å². The first-order valence-corrected chi connectivity index (χ1v) is 7.41. The average Bonchev–Trinajstić information content (AvgIpc) is 2.52. The Kier molecular flexibility index (Phi) is 5.35. The molecule has 0 amide bonds. The van der Waals surface area contributed by atoms with Gasteiger partial charge in [-0.05, 0) is 36.6 Å². The largest absolute Gasteiger partial charge is 0.295 e. The SMILES string of the molecule is CCCCC#Cc1ccc(-c2ccc(C(C)=O)cc2)cc1. The number of rotatable bonds is 4. The minimum Gasteiger partial charge on any atom is -0.295 e. The number of carbonyl (C=O) groups is 1. The van der Waals surface area contributed by atoms with Gasteiger partial charge in [0.1, 0.15) is 0 Å². The molecule has 106 valence electrons. The maximum atomic E-state index is 11.3. The number of ketones is 1. The molecule has 2 aromatic carbocycles. The van der Waals surface area contributed by atoms with Crippen LogP contribution in [0.3, 0.4) is 0 Å². The predicted molar refractivity (Wildman–Crippen MR) is 88.3 cm³/mol. The maximum absolute atomic E-state index is 11.3. The molecule has 1 nitrogen and oxygen atoms in total. The Morgan fingerprint density at radius 2 is 1.52 bits per heavy atom. The highest BCUT2D eigenvalue weighted by molar-refractivity contribution is 5.94. The van der Waals surface area contributed by atoms with Crippen LogP contribution in [-0.2, 0) is 0 Å². The molecule has 0 aliphatic heterocycles. The van der Waals surface area contributed by atoms with Gasteiger partial charge >= 0.3 is 0 Å². The summed E-state index contributed by atoms with van der Waals surface area (Å²) in [5, 5.41) is 0. The van der Waals surface area contributed by atoms with E-state index in [1.807, 2.05) is 36.4 Å². The van der Waals surface area contributed by atoms with Crippen molar-refractivity contribution in [2.24, 2.45) is 0 Å². The van der Waals surface area contributed by atoms with E-state index in [4.69, 9.17) is 0 Å². The number of Topliss-reactive ketones (excluding diaryl/α,β-unsaturated/α-hetero) is 1. The van der Waals surface area contributed by atoms with Crippen molar-refractivity contribution < 1.29 is 4.79 Å². The fourth-order valence-corrected chi connectivity index (χ4v) is 2.07. The van der Waals surface area contributed by atoms with Gasteiger partial charge in [-0.15, -0.1) is 0 Å². The monoisotopic (exact) mass is 276 g/mol. The molecular weight excluding hydrogens is 256 g/mol. The lowest BCUT2D eigenvalue weighted by molar-refractivity contribution is 0.101. The molecule has 2 rings (SSSR count). The van der Waals surface area contributed by atoms with Gasteiger partial charge in [0.15, 0.2) is 5.78 Å². The highest BCUT2D eigenvalue weighted by Crippen LogP contribution is 2.20. The van der Waals surface area contributed by atoms with Crippen molar-refractivity contribution in [2.45, 2.75) is 33.1 Å². The summed E-state index contributed by atoms with van der Waals surface area (Å²) in [6, 6.07) is 16.0. The van der Waals surface area contributed by atoms with Crippen LogP contribution in [0.1, 0.15) is 49.0 Å². The first kappa shape index (κ1) is 15.1. The Hall–Kier alpha value is -2.33. The van der Waals surface area contributed by atoms with Crippen LogP contribution in [0.25, 0.3) is 11.1 Å². The number of carbonyl (C=O) groups excluding carboxylic acids is 1. The van der Waals surface area contributed by atoms with E-state index in [1.54, 1.807) is 6.92 Å². The number of hydrogen-bond donors (Lipinski definition) is 0. The highest BCUT2D eigenvalue weighted by atomic mass is 16.1. The summed E-state index contributed by atoms with van der Waals surface area (Å²) >= 11 is 0. The molecule has 0 fully saturated rings. The predicted octanol–water partition coefficient (Wildman–Crippen LogP) is 5.10. The van der Waals surface area contributed by atoms with Crippen molar-refractivity contribution in [3.05, 3.63) is 59.7 Å². The fraction of sp³-hybridized carbons (Fsp3) is 0.250. The summed E-state index contributed by atoms with van der Waals surface area (Å²) < 4.78 is 0. The van der Waals surface area contributed by atoms with Gasteiger partial charge in [0.25, 0.3) is 0 Å². The average molecular weight is 276 g/mol. The highest BCUT2D eigenvalue weighted by Gasteiger charge is 2.01. The molecule has 0 aliphatic carbocycles. The van der Waals surface area contributed by atoms with Gasteiger partial charge in [-0.3, -0.25) is 4.79 Å². The Morgan fingerprint density at radius 3 is 2.05 bits per heavy atom. The summed E-state index contributed by atoms with van der Waals surface area (Å²) in [6.07, 6.45) is 3.31. The first-order chi connectivity index (χ1) is 10.2. The van der Waals surface area contributed by atoms with E-state index in [9.17, 15) is 4.79 Å². The van der Waals surface area contributed by atoms with Crippen molar-refractivity contribution in [2.75, 3.05) is 0 Å². The molecule has 0 atom stereocenters. The van der Waals surface area contributed by atoms with Crippen LogP contribution in [0.4, 0.5) is 0 Å². The Balaban J connectivity index is 2.10. The topological polar surface area (TPSA) is 17.1 Å². The molecule has 0 saturated carbocycles. The van der Waals surface area contributed by atoms with Crippen molar-refractivity contribution in [1.29, 1.82) is 0 Å². The second-order valence-electron chi connectivity index (χ2n) is 5.12. The van der Waals surface area contributed by atoms with Crippen molar-refractivity contribution in [3.63, 3.8) is 0 Å². The molecule has 1 heteroatoms. The molecule has 0 saturated heterocycles. The van der Waals surface area contributed by atoms with Crippen LogP contribution >= 0.6 is 0 Å². The molecule has 0 heterocycles. The van der Waals surface area contributed by atoms with E-state index in [0.29, 0.717) is 0 Å². The summed E-state index contributed by atoms with van der Waals surface area (Å²) in [5.74, 6) is 6.48. The van der Waals surface area contributed by atoms with Crippen molar-refractivity contribution >= 4 is 5.78 Å². The first-order valence-electron chi connectivity index (χ1n) is 7.41. The molecule has 21 heavy (non-hydrogen) atoms. The van der Waals surface area contributed by atoms with E-state index in [1.165, 1.54) is 6.42 Å². The third-order valence-electron chi connectivity index (χ3n) is 3.40. The molecule has 0 aromatic heterocycles. The zero-order valence-electron chi connectivity index (χ0n) is 12.6. The second-order valence-corrected chi connectivity index (χ2v) is 5.12. The van der Waals surface area contributed by atoms with Gasteiger partial charge < -0.3 is 0 Å². The van der Waals surface area contributed by atoms with Gasteiger partial charge in [-0.2, -0.15) is 0 Å². The van der Waals surface area contributed by atoms with Gasteiger partial charge in [-0.25, -0.2) is 0 Å². The van der Waals surface area contributed by atoms with Crippen LogP contribution < -0.4 is 0 Å². The normalized spacial score (nSPS) is 9.81. The lowest BCUT2D eigenvalue weighted by atomic mass is 10.0. The number of unbranched alkanes of at least 4 members (excludes halogenated alkanes) is 2. The van der Waals surface area contributed by atoms with E-state index in [0.717, 1.165) is 35.1 Å². The smallest absolute Gasteiger partial charge is 0.159 e. The maximum Gasteiger partial charge on any atom is 0.159 e. The molecule has 2 aromatic rings. The minimum atomic E-state index is 0.0965. The third-order valence-corrected chi connectivity index (χ3v) is 3.40. The number of benzene rings is 2. The van der Waals surface area contributed by atoms with Gasteiger partial charge in [0.05, 0.1) is 0 Å². The summed E-state index contributed by atoms with van der Waals surface area (Å²) in [5.41, 5.74) is 4.06. The third kappa shape index (κ3) is 4.33. The minimum absolute atomic E-state index is 0.0965. The van der Waals surface area contributed by atoms with E-state index >= 15 is 0 Å². The van der Waals surface area contributed by atoms with Crippen LogP contribution in [0.5, 0.6) is 0 Å². The Labute approximate surface area is 127 Å². The van der Waals surface area contributed by atoms with Crippen molar-refractivity contribution in [3.8, 4) is 23.0 Å². The number of hydrogen-bond acceptors (Lipinski definition) is 1. The van der Waals surface area contributed by atoms with Crippen molar-refractivity contribution in [1.82, 2.24) is 0 Å². The van der Waals surface area contributed by atoms with Crippen LogP contribution in [0, 0.1) is 11.8 Å². The molecule has 0 bridgehead atoms. The molecule has 0 N–H and O–H groups in total. The zero-order chi connectivity index (χ0) is 15.1. The zero-order valence-corrected chi connectivity index (χ0v) is 12.6. The lowest BCUT2D eigenvalue weighted by Crippen LogP contribution is -1.90. The fourth-order valence-electron chi connectivity index (χ4n) is 2.07. The molecular formula is C20H20O. The molecule has 0 radical (unpaired) electrons. The van der Waals surface area contributed by atoms with Crippen LogP contribution in [0.2, 0.25) is 0 Å². The van der Waals surface area contributed by atoms with Crippen LogP contribution in [-0.4, -0.2) is 5.78 Å². The summed E-state index contributed by atoms with van der Waals surface area (Å²) in [7, 11) is 0. The van der Waals surface area contributed by atoms with Gasteiger partial charge in [0, 0.05) is 17.5 Å². The summed E-state index contributed by atoms with van der Waals surface area (Å²) in [4.78, 5) is 11.3.